The van der Waals surface area contributed by atoms with Crippen LogP contribution in [0.5, 0.6) is 0 Å². The minimum absolute atomic E-state index is 0.182. The summed E-state index contributed by atoms with van der Waals surface area (Å²) in [6.45, 7) is 2.29. The Morgan fingerprint density at radius 2 is 1.39 bits per heavy atom. The topological polar surface area (TPSA) is 107 Å². The second-order valence-corrected chi connectivity index (χ2v) is 9.66. The van der Waals surface area contributed by atoms with Crippen LogP contribution in [0.4, 0.5) is 5.82 Å². The standard InChI is InChI=1S/C30H36N4O4/c1-3-34-18-27(29(38)32-25(20-36)15-22-12-8-5-9-13-22)26-16-23(17-33(2)30(26)34)28(37)31-24(19-35)14-21-10-6-4-7-11-21/h4-13,17-18,24-25,35-36H,3,14-16,19-20H2,1-2H3,(H,31,37)(H,32,38)/t24-,25-/m0/s1. The van der Waals surface area contributed by atoms with Crippen LogP contribution in [0, 0.1) is 0 Å². The van der Waals surface area contributed by atoms with Crippen LogP contribution < -0.4 is 15.5 Å². The van der Waals surface area contributed by atoms with Crippen LogP contribution in [-0.4, -0.2) is 58.9 Å². The molecule has 2 heterocycles. The summed E-state index contributed by atoms with van der Waals surface area (Å²) < 4.78 is 1.99. The van der Waals surface area contributed by atoms with E-state index in [1.807, 2.05) is 90.3 Å². The number of fused-ring (bicyclic) bond motifs is 1. The first kappa shape index (κ1) is 27.2. The van der Waals surface area contributed by atoms with Crippen molar-refractivity contribution in [3.63, 3.8) is 0 Å². The van der Waals surface area contributed by atoms with Gasteiger partial charge in [0, 0.05) is 43.5 Å². The van der Waals surface area contributed by atoms with Gasteiger partial charge in [0.05, 0.1) is 30.9 Å². The number of aliphatic hydroxyl groups is 2. The number of carbonyl (C=O) groups excluding carboxylic acids is 2. The molecule has 2 amide bonds. The van der Waals surface area contributed by atoms with Crippen LogP contribution >= 0.6 is 0 Å². The second kappa shape index (κ2) is 12.6. The molecule has 200 valence electrons. The largest absolute Gasteiger partial charge is 0.394 e. The number of anilines is 1. The maximum absolute atomic E-state index is 13.4. The van der Waals surface area contributed by atoms with Gasteiger partial charge < -0.3 is 30.3 Å². The lowest BCUT2D eigenvalue weighted by Crippen LogP contribution is -2.41. The number of hydrogen-bond acceptors (Lipinski definition) is 5. The van der Waals surface area contributed by atoms with Gasteiger partial charge in [0.15, 0.2) is 0 Å². The molecule has 0 radical (unpaired) electrons. The maximum atomic E-state index is 13.4. The van der Waals surface area contributed by atoms with Gasteiger partial charge in [-0.2, -0.15) is 0 Å². The van der Waals surface area contributed by atoms with Gasteiger partial charge in [-0.05, 0) is 30.9 Å². The summed E-state index contributed by atoms with van der Waals surface area (Å²) in [6.07, 6.45) is 4.91. The van der Waals surface area contributed by atoms with E-state index in [0.717, 1.165) is 22.5 Å². The molecule has 4 rings (SSSR count). The van der Waals surface area contributed by atoms with E-state index in [1.165, 1.54) is 0 Å². The van der Waals surface area contributed by atoms with E-state index in [1.54, 1.807) is 6.20 Å². The van der Waals surface area contributed by atoms with Gasteiger partial charge in [-0.3, -0.25) is 9.59 Å². The highest BCUT2D eigenvalue weighted by atomic mass is 16.3. The third kappa shape index (κ3) is 6.33. The first-order valence-corrected chi connectivity index (χ1v) is 13.0. The molecular weight excluding hydrogens is 480 g/mol. The van der Waals surface area contributed by atoms with E-state index in [2.05, 4.69) is 10.6 Å². The van der Waals surface area contributed by atoms with Crippen LogP contribution in [0.1, 0.15) is 34.0 Å². The Balaban J connectivity index is 1.50. The van der Waals surface area contributed by atoms with E-state index < -0.39 is 12.1 Å². The van der Waals surface area contributed by atoms with Crippen molar-refractivity contribution in [1.29, 1.82) is 0 Å². The Kier molecular flexibility index (Phi) is 8.99. The molecule has 4 N–H and O–H groups in total. The van der Waals surface area contributed by atoms with Crippen molar-refractivity contribution in [2.75, 3.05) is 25.2 Å². The Hall–Kier alpha value is -3.88. The average molecular weight is 517 g/mol. The fourth-order valence-electron chi connectivity index (χ4n) is 4.95. The summed E-state index contributed by atoms with van der Waals surface area (Å²) in [5, 5.41) is 25.7. The van der Waals surface area contributed by atoms with Gasteiger partial charge in [-0.1, -0.05) is 60.7 Å². The summed E-state index contributed by atoms with van der Waals surface area (Å²) in [5.74, 6) is 0.307. The minimum Gasteiger partial charge on any atom is -0.394 e. The quantitative estimate of drug-likeness (QED) is 0.313. The number of carbonyl (C=O) groups is 2. The minimum atomic E-state index is -0.437. The summed E-state index contributed by atoms with van der Waals surface area (Å²) in [7, 11) is 1.86. The van der Waals surface area contributed by atoms with Crippen molar-refractivity contribution in [2.24, 2.45) is 0 Å². The number of aromatic nitrogens is 1. The molecule has 2 atom stereocenters. The van der Waals surface area contributed by atoms with Crippen molar-refractivity contribution >= 4 is 17.6 Å². The molecule has 0 bridgehead atoms. The molecule has 1 aromatic heterocycles. The molecule has 0 saturated heterocycles. The molecule has 1 aliphatic heterocycles. The van der Waals surface area contributed by atoms with Crippen molar-refractivity contribution in [2.45, 2.75) is 44.8 Å². The Morgan fingerprint density at radius 1 is 0.868 bits per heavy atom. The predicted octanol–water partition coefficient (Wildman–Crippen LogP) is 2.44. The van der Waals surface area contributed by atoms with Crippen LogP contribution in [0.15, 0.2) is 78.6 Å². The number of nitrogens with one attached hydrogen (secondary N) is 2. The van der Waals surface area contributed by atoms with E-state index in [-0.39, 0.29) is 31.4 Å². The van der Waals surface area contributed by atoms with Gasteiger partial charge in [0.1, 0.15) is 5.82 Å². The molecule has 0 fully saturated rings. The fourth-order valence-corrected chi connectivity index (χ4v) is 4.95. The molecule has 8 nitrogen and oxygen atoms in total. The number of aryl methyl sites for hydroxylation is 1. The zero-order valence-electron chi connectivity index (χ0n) is 21.9. The average Bonchev–Trinajstić information content (AvgIpc) is 3.33. The molecule has 0 aliphatic carbocycles. The van der Waals surface area contributed by atoms with E-state index >= 15 is 0 Å². The van der Waals surface area contributed by atoms with Gasteiger partial charge in [-0.25, -0.2) is 0 Å². The normalized spacial score (nSPS) is 14.3. The zero-order valence-corrected chi connectivity index (χ0v) is 21.9. The van der Waals surface area contributed by atoms with E-state index in [4.69, 9.17) is 0 Å². The van der Waals surface area contributed by atoms with Crippen LogP contribution in [0.3, 0.4) is 0 Å². The highest BCUT2D eigenvalue weighted by Crippen LogP contribution is 2.33. The number of aliphatic hydroxyl groups excluding tert-OH is 2. The smallest absolute Gasteiger partial charge is 0.253 e. The predicted molar refractivity (Wildman–Crippen MR) is 148 cm³/mol. The summed E-state index contributed by atoms with van der Waals surface area (Å²) in [4.78, 5) is 28.5. The third-order valence-electron chi connectivity index (χ3n) is 6.84. The second-order valence-electron chi connectivity index (χ2n) is 9.66. The number of nitrogens with zero attached hydrogens (tertiary/aromatic N) is 2. The van der Waals surface area contributed by atoms with E-state index in [9.17, 15) is 19.8 Å². The van der Waals surface area contributed by atoms with Crippen molar-refractivity contribution in [3.05, 3.63) is 101 Å². The first-order valence-electron chi connectivity index (χ1n) is 13.0. The van der Waals surface area contributed by atoms with Gasteiger partial charge in [0.2, 0.25) is 5.91 Å². The molecule has 8 heteroatoms. The monoisotopic (exact) mass is 516 g/mol. The lowest BCUT2D eigenvalue weighted by molar-refractivity contribution is -0.118. The van der Waals surface area contributed by atoms with Crippen LogP contribution in [-0.2, 0) is 30.6 Å². The van der Waals surface area contributed by atoms with Crippen LogP contribution in [0.25, 0.3) is 0 Å². The highest BCUT2D eigenvalue weighted by Gasteiger charge is 2.30. The van der Waals surface area contributed by atoms with Crippen molar-refractivity contribution < 1.29 is 19.8 Å². The van der Waals surface area contributed by atoms with Gasteiger partial charge in [-0.15, -0.1) is 0 Å². The van der Waals surface area contributed by atoms with Crippen LogP contribution in [0.2, 0.25) is 0 Å². The number of benzene rings is 2. The first-order chi connectivity index (χ1) is 18.4. The molecule has 0 unspecified atom stereocenters. The molecule has 3 aromatic rings. The molecule has 0 saturated carbocycles. The van der Waals surface area contributed by atoms with E-state index in [0.29, 0.717) is 30.5 Å². The molecule has 0 spiro atoms. The lowest BCUT2D eigenvalue weighted by Gasteiger charge is -2.26. The van der Waals surface area contributed by atoms with Gasteiger partial charge in [0.25, 0.3) is 5.91 Å². The lowest BCUT2D eigenvalue weighted by atomic mass is 9.98. The maximum Gasteiger partial charge on any atom is 0.253 e. The van der Waals surface area contributed by atoms with Crippen molar-refractivity contribution in [1.82, 2.24) is 15.2 Å². The number of hydrogen-bond donors (Lipinski definition) is 4. The summed E-state index contributed by atoms with van der Waals surface area (Å²) >= 11 is 0. The Labute approximate surface area is 223 Å². The summed E-state index contributed by atoms with van der Waals surface area (Å²) in [5.41, 5.74) is 3.81. The van der Waals surface area contributed by atoms with Crippen molar-refractivity contribution in [3.8, 4) is 0 Å². The molecule has 2 aromatic carbocycles. The fraction of sp³-hybridized carbons (Fsp3) is 0.333. The molecular formula is C30H36N4O4. The number of amides is 2. The third-order valence-corrected chi connectivity index (χ3v) is 6.84. The Bertz CT molecular complexity index is 1270. The molecule has 1 aliphatic rings. The van der Waals surface area contributed by atoms with Gasteiger partial charge >= 0.3 is 0 Å². The number of rotatable bonds is 11. The zero-order chi connectivity index (χ0) is 27.1. The summed E-state index contributed by atoms with van der Waals surface area (Å²) in [6, 6.07) is 18.6. The Morgan fingerprint density at radius 3 is 1.89 bits per heavy atom. The SMILES string of the molecule is CCn1cc(C(=O)N[C@H](CO)Cc2ccccc2)c2c1N(C)C=C(C(=O)N[C@H](CO)Cc1ccccc1)C2. The molecule has 38 heavy (non-hydrogen) atoms. The highest BCUT2D eigenvalue weighted by molar-refractivity contribution is 6.00.